The summed E-state index contributed by atoms with van der Waals surface area (Å²) in [4.78, 5) is 0. The molecule has 0 aliphatic carbocycles. The van der Waals surface area contributed by atoms with E-state index in [1.807, 2.05) is 32.0 Å². The van der Waals surface area contributed by atoms with E-state index in [1.54, 1.807) is 7.11 Å². The zero-order valence-electron chi connectivity index (χ0n) is 12.6. The highest BCUT2D eigenvalue weighted by atomic mass is 19.4. The molecule has 3 nitrogen and oxygen atoms in total. The van der Waals surface area contributed by atoms with Crippen molar-refractivity contribution in [3.8, 4) is 5.75 Å². The number of halogens is 3. The smallest absolute Gasteiger partial charge is 0.411 e. The highest BCUT2D eigenvalue weighted by Crippen LogP contribution is 2.24. The monoisotopic (exact) mass is 305 g/mol. The summed E-state index contributed by atoms with van der Waals surface area (Å²) in [5, 5.41) is 3.26. The summed E-state index contributed by atoms with van der Waals surface area (Å²) in [7, 11) is 1.61. The number of ether oxygens (including phenoxy) is 2. The third kappa shape index (κ3) is 6.35. The van der Waals surface area contributed by atoms with E-state index in [0.717, 1.165) is 23.4 Å². The fraction of sp³-hybridized carbons (Fsp3) is 0.600. The summed E-state index contributed by atoms with van der Waals surface area (Å²) in [5.41, 5.74) is 2.01. The normalized spacial score (nSPS) is 13.2. The van der Waals surface area contributed by atoms with E-state index >= 15 is 0 Å². The Balaban J connectivity index is 2.62. The summed E-state index contributed by atoms with van der Waals surface area (Å²) < 4.78 is 46.0. The molecule has 0 saturated carbocycles. The van der Waals surface area contributed by atoms with Crippen LogP contribution < -0.4 is 10.1 Å². The summed E-state index contributed by atoms with van der Waals surface area (Å²) in [6.07, 6.45) is -3.79. The Morgan fingerprint density at radius 3 is 2.52 bits per heavy atom. The number of hydrogen-bond acceptors (Lipinski definition) is 3. The van der Waals surface area contributed by atoms with Crippen LogP contribution in [0.4, 0.5) is 13.2 Å². The molecule has 120 valence electrons. The highest BCUT2D eigenvalue weighted by Gasteiger charge is 2.27. The fourth-order valence-electron chi connectivity index (χ4n) is 2.14. The van der Waals surface area contributed by atoms with Crippen LogP contribution in [-0.2, 0) is 4.74 Å². The molecular formula is C15H22F3NO2. The van der Waals surface area contributed by atoms with E-state index in [2.05, 4.69) is 10.1 Å². The Hall–Kier alpha value is -1.27. The molecule has 0 fully saturated rings. The molecular weight excluding hydrogens is 283 g/mol. The second kappa shape index (κ2) is 8.24. The van der Waals surface area contributed by atoms with Crippen LogP contribution in [0.15, 0.2) is 18.2 Å². The van der Waals surface area contributed by atoms with Crippen molar-refractivity contribution in [2.45, 2.75) is 32.5 Å². The molecule has 1 N–H and O–H groups in total. The van der Waals surface area contributed by atoms with Crippen molar-refractivity contribution in [1.29, 1.82) is 0 Å². The maximum absolute atomic E-state index is 12.0. The first-order valence-electron chi connectivity index (χ1n) is 6.89. The average Bonchev–Trinajstić information content (AvgIpc) is 2.41. The number of methoxy groups -OCH3 is 1. The van der Waals surface area contributed by atoms with Gasteiger partial charge in [0.25, 0.3) is 0 Å². The van der Waals surface area contributed by atoms with Gasteiger partial charge in [-0.2, -0.15) is 13.2 Å². The topological polar surface area (TPSA) is 30.5 Å². The van der Waals surface area contributed by atoms with Gasteiger partial charge in [0.2, 0.25) is 0 Å². The highest BCUT2D eigenvalue weighted by molar-refractivity contribution is 5.37. The van der Waals surface area contributed by atoms with E-state index in [0.29, 0.717) is 6.42 Å². The van der Waals surface area contributed by atoms with Crippen LogP contribution in [-0.4, -0.2) is 33.0 Å². The van der Waals surface area contributed by atoms with Gasteiger partial charge in [-0.1, -0.05) is 19.1 Å². The van der Waals surface area contributed by atoms with E-state index in [9.17, 15) is 13.2 Å². The molecule has 0 aliphatic rings. The first kappa shape index (κ1) is 17.8. The number of aryl methyl sites for hydroxylation is 1. The van der Waals surface area contributed by atoms with Gasteiger partial charge in [-0.25, -0.2) is 0 Å². The van der Waals surface area contributed by atoms with E-state index in [-0.39, 0.29) is 12.6 Å². The molecule has 1 aromatic carbocycles. The minimum Gasteiger partial charge on any atom is -0.496 e. The van der Waals surface area contributed by atoms with E-state index in [4.69, 9.17) is 4.74 Å². The fourth-order valence-corrected chi connectivity index (χ4v) is 2.14. The maximum Gasteiger partial charge on any atom is 0.411 e. The van der Waals surface area contributed by atoms with Crippen molar-refractivity contribution < 1.29 is 22.6 Å². The van der Waals surface area contributed by atoms with Gasteiger partial charge in [-0.3, -0.25) is 0 Å². The molecule has 1 atom stereocenters. The minimum atomic E-state index is -4.27. The Morgan fingerprint density at radius 2 is 2.00 bits per heavy atom. The second-order valence-corrected chi connectivity index (χ2v) is 4.80. The molecule has 0 amide bonds. The van der Waals surface area contributed by atoms with Gasteiger partial charge in [-0.05, 0) is 37.1 Å². The Labute approximate surface area is 123 Å². The summed E-state index contributed by atoms with van der Waals surface area (Å²) in [6, 6.07) is 5.73. The molecule has 1 rings (SSSR count). The molecule has 0 aromatic heterocycles. The second-order valence-electron chi connectivity index (χ2n) is 4.80. The van der Waals surface area contributed by atoms with Gasteiger partial charge in [-0.15, -0.1) is 0 Å². The first-order valence-corrected chi connectivity index (χ1v) is 6.89. The molecule has 0 saturated heterocycles. The Kier molecular flexibility index (Phi) is 6.98. The van der Waals surface area contributed by atoms with Crippen LogP contribution in [0.2, 0.25) is 0 Å². The lowest BCUT2D eigenvalue weighted by Gasteiger charge is -2.20. The van der Waals surface area contributed by atoms with Gasteiger partial charge in [0, 0.05) is 12.6 Å². The van der Waals surface area contributed by atoms with Crippen molar-refractivity contribution in [3.05, 3.63) is 29.3 Å². The molecule has 0 radical (unpaired) electrons. The zero-order chi connectivity index (χ0) is 15.9. The number of rotatable bonds is 8. The Bertz CT molecular complexity index is 435. The summed E-state index contributed by atoms with van der Waals surface area (Å²) >= 11 is 0. The van der Waals surface area contributed by atoms with E-state index < -0.39 is 12.8 Å². The van der Waals surface area contributed by atoms with Gasteiger partial charge >= 0.3 is 6.18 Å². The SMILES string of the molecule is CCNC(CCOCC(F)(F)F)c1ccc(OC)c(C)c1. The van der Waals surface area contributed by atoms with Crippen molar-refractivity contribution >= 4 is 0 Å². The number of hydrogen-bond donors (Lipinski definition) is 1. The lowest BCUT2D eigenvalue weighted by atomic mass is 10.0. The van der Waals surface area contributed by atoms with Gasteiger partial charge in [0.1, 0.15) is 12.4 Å². The first-order chi connectivity index (χ1) is 9.87. The van der Waals surface area contributed by atoms with Crippen LogP contribution in [0, 0.1) is 6.92 Å². The molecule has 1 aromatic rings. The molecule has 0 aliphatic heterocycles. The van der Waals surface area contributed by atoms with Crippen LogP contribution in [0.1, 0.15) is 30.5 Å². The summed E-state index contributed by atoms with van der Waals surface area (Å²) in [5.74, 6) is 0.794. The Morgan fingerprint density at radius 1 is 1.29 bits per heavy atom. The predicted octanol–water partition coefficient (Wildman–Crippen LogP) is 3.62. The molecule has 0 spiro atoms. The largest absolute Gasteiger partial charge is 0.496 e. The van der Waals surface area contributed by atoms with Crippen LogP contribution in [0.5, 0.6) is 5.75 Å². The van der Waals surface area contributed by atoms with E-state index in [1.165, 1.54) is 0 Å². The molecule has 1 unspecified atom stereocenters. The van der Waals surface area contributed by atoms with Gasteiger partial charge in [0.05, 0.1) is 7.11 Å². The van der Waals surface area contributed by atoms with Crippen LogP contribution in [0.3, 0.4) is 0 Å². The molecule has 6 heteroatoms. The lowest BCUT2D eigenvalue weighted by molar-refractivity contribution is -0.174. The van der Waals surface area contributed by atoms with Crippen LogP contribution >= 0.6 is 0 Å². The van der Waals surface area contributed by atoms with Crippen molar-refractivity contribution in [3.63, 3.8) is 0 Å². The van der Waals surface area contributed by atoms with Crippen molar-refractivity contribution in [2.75, 3.05) is 26.9 Å². The molecule has 0 heterocycles. The quantitative estimate of drug-likeness (QED) is 0.744. The third-order valence-electron chi connectivity index (χ3n) is 3.09. The third-order valence-corrected chi connectivity index (χ3v) is 3.09. The molecule has 0 bridgehead atoms. The number of alkyl halides is 3. The molecule has 21 heavy (non-hydrogen) atoms. The predicted molar refractivity (Wildman–Crippen MR) is 75.6 cm³/mol. The number of benzene rings is 1. The standard InChI is InChI=1S/C15H22F3NO2/c1-4-19-13(7-8-21-10-15(16,17)18)12-5-6-14(20-3)11(2)9-12/h5-6,9,13,19H,4,7-8,10H2,1-3H3. The maximum atomic E-state index is 12.0. The zero-order valence-corrected chi connectivity index (χ0v) is 12.6. The van der Waals surface area contributed by atoms with Crippen molar-refractivity contribution in [1.82, 2.24) is 5.32 Å². The van der Waals surface area contributed by atoms with Crippen LogP contribution in [0.25, 0.3) is 0 Å². The lowest BCUT2D eigenvalue weighted by Crippen LogP contribution is -2.24. The minimum absolute atomic E-state index is 0.0344. The van der Waals surface area contributed by atoms with Crippen molar-refractivity contribution in [2.24, 2.45) is 0 Å². The summed E-state index contributed by atoms with van der Waals surface area (Å²) in [6.45, 7) is 3.48. The number of nitrogens with one attached hydrogen (secondary N) is 1. The van der Waals surface area contributed by atoms with Gasteiger partial charge < -0.3 is 14.8 Å². The average molecular weight is 305 g/mol. The van der Waals surface area contributed by atoms with Gasteiger partial charge in [0.15, 0.2) is 0 Å².